The number of nitro groups is 1. The molecule has 0 saturated heterocycles. The smallest absolute Gasteiger partial charge is 0.342 e. The Balaban J connectivity index is 2.04. The minimum atomic E-state index is -0.937. The lowest BCUT2D eigenvalue weighted by Gasteiger charge is -2.09. The van der Waals surface area contributed by atoms with Gasteiger partial charge in [-0.25, -0.2) is 9.78 Å². The average molecular weight is 366 g/mol. The molecule has 0 unspecified atom stereocenters. The largest absolute Gasteiger partial charge is 0.496 e. The number of rotatable bonds is 6. The highest BCUT2D eigenvalue weighted by Crippen LogP contribution is 2.24. The fourth-order valence-corrected chi connectivity index (χ4v) is 2.01. The van der Waals surface area contributed by atoms with Gasteiger partial charge in [0.15, 0.2) is 11.8 Å². The number of carbonyl (C=O) groups excluding carboxylic acids is 2. The summed E-state index contributed by atoms with van der Waals surface area (Å²) in [4.78, 5) is 37.8. The van der Waals surface area contributed by atoms with Crippen LogP contribution in [0.5, 0.6) is 5.75 Å². The summed E-state index contributed by atoms with van der Waals surface area (Å²) >= 11 is 5.80. The first-order chi connectivity index (χ1) is 11.9. The van der Waals surface area contributed by atoms with Crippen LogP contribution < -0.4 is 10.1 Å². The number of hydrogen-bond donors (Lipinski definition) is 1. The molecule has 1 N–H and O–H groups in total. The number of methoxy groups -OCH3 is 1. The van der Waals surface area contributed by atoms with Crippen molar-refractivity contribution in [1.29, 1.82) is 0 Å². The Hall–Kier alpha value is -3.20. The van der Waals surface area contributed by atoms with E-state index in [1.54, 1.807) is 6.07 Å². The molecule has 9 nitrogen and oxygen atoms in total. The van der Waals surface area contributed by atoms with Crippen LogP contribution in [0.3, 0.4) is 0 Å². The SMILES string of the molecule is COc1ccc([N+](=O)[O-])cc1C(=O)OCC(=O)Nc1cccnc1Cl. The van der Waals surface area contributed by atoms with E-state index < -0.39 is 23.4 Å². The van der Waals surface area contributed by atoms with Crippen LogP contribution >= 0.6 is 11.6 Å². The van der Waals surface area contributed by atoms with Crippen molar-refractivity contribution in [2.45, 2.75) is 0 Å². The molecule has 0 aliphatic heterocycles. The second kappa shape index (κ2) is 8.06. The molecule has 10 heteroatoms. The van der Waals surface area contributed by atoms with E-state index in [-0.39, 0.29) is 27.8 Å². The molecule has 130 valence electrons. The number of nitrogens with one attached hydrogen (secondary N) is 1. The summed E-state index contributed by atoms with van der Waals surface area (Å²) in [5, 5.41) is 13.3. The standard InChI is InChI=1S/C15H12ClN3O6/c1-24-12-5-4-9(19(22)23)7-10(12)15(21)25-8-13(20)18-11-3-2-6-17-14(11)16/h2-7H,8H2,1H3,(H,18,20). The average Bonchev–Trinajstić information content (AvgIpc) is 2.61. The summed E-state index contributed by atoms with van der Waals surface area (Å²) in [7, 11) is 1.30. The van der Waals surface area contributed by atoms with Gasteiger partial charge >= 0.3 is 5.97 Å². The van der Waals surface area contributed by atoms with Crippen LogP contribution in [0.4, 0.5) is 11.4 Å². The number of carbonyl (C=O) groups is 2. The topological polar surface area (TPSA) is 121 Å². The van der Waals surface area contributed by atoms with Gasteiger partial charge in [-0.3, -0.25) is 14.9 Å². The third-order valence-corrected chi connectivity index (χ3v) is 3.28. The zero-order chi connectivity index (χ0) is 18.4. The van der Waals surface area contributed by atoms with E-state index in [0.29, 0.717) is 0 Å². The number of benzene rings is 1. The Bertz CT molecular complexity index is 827. The van der Waals surface area contributed by atoms with Gasteiger partial charge in [0, 0.05) is 18.3 Å². The number of nitrogens with zero attached hydrogens (tertiary/aromatic N) is 2. The van der Waals surface area contributed by atoms with E-state index in [9.17, 15) is 19.7 Å². The van der Waals surface area contributed by atoms with Crippen molar-refractivity contribution in [1.82, 2.24) is 4.98 Å². The number of non-ortho nitro benzene ring substituents is 1. The Morgan fingerprint density at radius 1 is 1.36 bits per heavy atom. The van der Waals surface area contributed by atoms with Crippen LogP contribution in [0.25, 0.3) is 0 Å². The number of nitro benzene ring substituents is 1. The van der Waals surface area contributed by atoms with Gasteiger partial charge in [0.05, 0.1) is 17.7 Å². The molecule has 0 spiro atoms. The second-order valence-electron chi connectivity index (χ2n) is 4.61. The van der Waals surface area contributed by atoms with Gasteiger partial charge in [-0.2, -0.15) is 0 Å². The zero-order valence-corrected chi connectivity index (χ0v) is 13.6. The number of aromatic nitrogens is 1. The monoisotopic (exact) mass is 365 g/mol. The molecule has 0 atom stereocenters. The van der Waals surface area contributed by atoms with Crippen LogP contribution in [-0.4, -0.2) is 35.5 Å². The maximum atomic E-state index is 12.1. The maximum Gasteiger partial charge on any atom is 0.342 e. The highest BCUT2D eigenvalue weighted by Gasteiger charge is 2.20. The first kappa shape index (κ1) is 18.1. The lowest BCUT2D eigenvalue weighted by Crippen LogP contribution is -2.21. The molecular weight excluding hydrogens is 354 g/mol. The molecule has 1 aromatic carbocycles. The van der Waals surface area contributed by atoms with Gasteiger partial charge in [-0.15, -0.1) is 0 Å². The number of halogens is 1. The van der Waals surface area contributed by atoms with E-state index in [2.05, 4.69) is 10.3 Å². The highest BCUT2D eigenvalue weighted by atomic mass is 35.5. The number of pyridine rings is 1. The van der Waals surface area contributed by atoms with Crippen molar-refractivity contribution >= 4 is 34.9 Å². The summed E-state index contributed by atoms with van der Waals surface area (Å²) in [6.45, 7) is -0.615. The van der Waals surface area contributed by atoms with E-state index in [4.69, 9.17) is 21.1 Å². The van der Waals surface area contributed by atoms with Crippen molar-refractivity contribution in [3.63, 3.8) is 0 Å². The van der Waals surface area contributed by atoms with E-state index in [1.165, 1.54) is 31.5 Å². The Morgan fingerprint density at radius 3 is 2.76 bits per heavy atom. The molecule has 0 radical (unpaired) electrons. The number of hydrogen-bond acceptors (Lipinski definition) is 7. The van der Waals surface area contributed by atoms with Gasteiger partial charge in [-0.1, -0.05) is 11.6 Å². The Morgan fingerprint density at radius 2 is 2.12 bits per heavy atom. The lowest BCUT2D eigenvalue weighted by molar-refractivity contribution is -0.384. The van der Waals surface area contributed by atoms with Crippen LogP contribution in [-0.2, 0) is 9.53 Å². The molecule has 1 amide bonds. The van der Waals surface area contributed by atoms with E-state index in [1.807, 2.05) is 0 Å². The molecule has 1 heterocycles. The quantitative estimate of drug-likeness (QED) is 0.361. The third-order valence-electron chi connectivity index (χ3n) is 2.98. The minimum absolute atomic E-state index is 0.0857. The summed E-state index contributed by atoms with van der Waals surface area (Å²) in [5.41, 5.74) is -0.207. The normalized spacial score (nSPS) is 10.0. The number of esters is 1. The predicted octanol–water partition coefficient (Wildman–Crippen LogP) is 2.45. The molecule has 2 aromatic rings. The third kappa shape index (κ3) is 4.64. The lowest BCUT2D eigenvalue weighted by atomic mass is 10.2. The predicted molar refractivity (Wildman–Crippen MR) is 87.8 cm³/mol. The van der Waals surface area contributed by atoms with Gasteiger partial charge in [0.2, 0.25) is 0 Å². The van der Waals surface area contributed by atoms with Crippen LogP contribution in [0, 0.1) is 10.1 Å². The summed E-state index contributed by atoms with van der Waals surface area (Å²) in [6.07, 6.45) is 1.45. The van der Waals surface area contributed by atoms with Crippen molar-refractivity contribution in [3.8, 4) is 5.75 Å². The van der Waals surface area contributed by atoms with Crippen LogP contribution in [0.15, 0.2) is 36.5 Å². The van der Waals surface area contributed by atoms with E-state index in [0.717, 1.165) is 6.07 Å². The maximum absolute atomic E-state index is 12.1. The first-order valence-corrected chi connectivity index (χ1v) is 7.20. The highest BCUT2D eigenvalue weighted by molar-refractivity contribution is 6.32. The van der Waals surface area contributed by atoms with Gasteiger partial charge in [-0.05, 0) is 18.2 Å². The Labute approximate surface area is 146 Å². The minimum Gasteiger partial charge on any atom is -0.496 e. The molecule has 0 aliphatic rings. The van der Waals surface area contributed by atoms with Crippen molar-refractivity contribution < 1.29 is 24.0 Å². The van der Waals surface area contributed by atoms with Gasteiger partial charge in [0.25, 0.3) is 11.6 Å². The molecule has 0 aliphatic carbocycles. The molecular formula is C15H12ClN3O6. The van der Waals surface area contributed by atoms with Crippen molar-refractivity contribution in [2.24, 2.45) is 0 Å². The summed E-state index contributed by atoms with van der Waals surface area (Å²) in [5.74, 6) is -1.49. The van der Waals surface area contributed by atoms with Crippen LogP contribution in [0.1, 0.15) is 10.4 Å². The van der Waals surface area contributed by atoms with Crippen LogP contribution in [0.2, 0.25) is 5.15 Å². The van der Waals surface area contributed by atoms with E-state index >= 15 is 0 Å². The summed E-state index contributed by atoms with van der Waals surface area (Å²) in [6, 6.07) is 6.56. The van der Waals surface area contributed by atoms with Gasteiger partial charge < -0.3 is 14.8 Å². The van der Waals surface area contributed by atoms with Crippen molar-refractivity contribution in [3.05, 3.63) is 57.4 Å². The molecule has 2 rings (SSSR count). The Kier molecular flexibility index (Phi) is 5.85. The zero-order valence-electron chi connectivity index (χ0n) is 12.9. The second-order valence-corrected chi connectivity index (χ2v) is 4.97. The summed E-state index contributed by atoms with van der Waals surface area (Å²) < 4.78 is 9.83. The molecule has 0 fully saturated rings. The fourth-order valence-electron chi connectivity index (χ4n) is 1.84. The van der Waals surface area contributed by atoms with Crippen molar-refractivity contribution in [2.75, 3.05) is 19.0 Å². The van der Waals surface area contributed by atoms with Gasteiger partial charge in [0.1, 0.15) is 11.3 Å². The molecule has 25 heavy (non-hydrogen) atoms. The first-order valence-electron chi connectivity index (χ1n) is 6.82. The fraction of sp³-hybridized carbons (Fsp3) is 0.133. The molecule has 1 aromatic heterocycles. The number of ether oxygens (including phenoxy) is 2. The molecule has 0 bridgehead atoms. The number of anilines is 1. The number of amides is 1. The molecule has 0 saturated carbocycles.